The van der Waals surface area contributed by atoms with Gasteiger partial charge in [-0.1, -0.05) is 35.9 Å². The Kier molecular flexibility index (Phi) is 5.89. The van der Waals surface area contributed by atoms with Gasteiger partial charge in [0.1, 0.15) is 12.9 Å². The number of carboxylic acid groups (broad SMARTS) is 1. The third kappa shape index (κ3) is 5.25. The van der Waals surface area contributed by atoms with E-state index < -0.39 is 5.97 Å². The molecule has 5 rings (SSSR count). The maximum Gasteiger partial charge on any atom is 0.325 e. The van der Waals surface area contributed by atoms with Gasteiger partial charge in [-0.15, -0.1) is 0 Å². The Labute approximate surface area is 196 Å². The SMILES string of the molecule is O=C(O)Cn1cnc(CCc2ccc(/C(=C\C3CC3)c3ccc(C4CC4)c(=O)[nH]3)cc2Cl)n1. The summed E-state index contributed by atoms with van der Waals surface area (Å²) in [6, 6.07) is 9.99. The van der Waals surface area contributed by atoms with Crippen LogP contribution in [0.15, 0.2) is 47.5 Å². The zero-order chi connectivity index (χ0) is 22.9. The first-order valence-corrected chi connectivity index (χ1v) is 11.7. The van der Waals surface area contributed by atoms with Crippen LogP contribution in [0.3, 0.4) is 0 Å². The van der Waals surface area contributed by atoms with Gasteiger partial charge >= 0.3 is 5.97 Å². The largest absolute Gasteiger partial charge is 0.480 e. The zero-order valence-electron chi connectivity index (χ0n) is 18.1. The summed E-state index contributed by atoms with van der Waals surface area (Å²) in [6.07, 6.45) is 9.41. The lowest BCUT2D eigenvalue weighted by Crippen LogP contribution is -2.13. The van der Waals surface area contributed by atoms with Crippen LogP contribution in [0.2, 0.25) is 5.02 Å². The second-order valence-corrected chi connectivity index (χ2v) is 9.31. The fraction of sp³-hybridized carbons (Fsp3) is 0.360. The van der Waals surface area contributed by atoms with Crippen LogP contribution in [0.5, 0.6) is 0 Å². The molecule has 0 bridgehead atoms. The van der Waals surface area contributed by atoms with Crippen molar-refractivity contribution in [3.05, 3.63) is 86.3 Å². The molecule has 0 aliphatic heterocycles. The Morgan fingerprint density at radius 3 is 2.67 bits per heavy atom. The molecule has 0 radical (unpaired) electrons. The van der Waals surface area contributed by atoms with Crippen LogP contribution in [0, 0.1) is 5.92 Å². The molecule has 7 nitrogen and oxygen atoms in total. The van der Waals surface area contributed by atoms with Crippen molar-refractivity contribution in [1.82, 2.24) is 19.7 Å². The summed E-state index contributed by atoms with van der Waals surface area (Å²) in [5.41, 5.74) is 4.69. The van der Waals surface area contributed by atoms with Gasteiger partial charge in [0.25, 0.3) is 5.56 Å². The monoisotopic (exact) mass is 464 g/mol. The van der Waals surface area contributed by atoms with E-state index in [1.165, 1.54) is 23.9 Å². The Morgan fingerprint density at radius 2 is 2.00 bits per heavy atom. The van der Waals surface area contributed by atoms with Crippen LogP contribution in [0.4, 0.5) is 0 Å². The molecular weight excluding hydrogens is 440 g/mol. The van der Waals surface area contributed by atoms with Crippen molar-refractivity contribution in [3.63, 3.8) is 0 Å². The quantitative estimate of drug-likeness (QED) is 0.494. The molecule has 2 saturated carbocycles. The molecule has 8 heteroatoms. The normalized spacial score (nSPS) is 16.2. The van der Waals surface area contributed by atoms with E-state index in [-0.39, 0.29) is 12.1 Å². The molecule has 2 aromatic heterocycles. The number of aromatic amines is 1. The van der Waals surface area contributed by atoms with Gasteiger partial charge in [0.15, 0.2) is 5.82 Å². The summed E-state index contributed by atoms with van der Waals surface area (Å²) in [7, 11) is 0. The first-order valence-electron chi connectivity index (χ1n) is 11.3. The highest BCUT2D eigenvalue weighted by Crippen LogP contribution is 2.39. The average molecular weight is 465 g/mol. The lowest BCUT2D eigenvalue weighted by atomic mass is 9.97. The fourth-order valence-electron chi connectivity index (χ4n) is 4.02. The molecule has 33 heavy (non-hydrogen) atoms. The van der Waals surface area contributed by atoms with Crippen LogP contribution in [-0.2, 0) is 24.2 Å². The molecule has 1 aromatic carbocycles. The maximum atomic E-state index is 12.6. The van der Waals surface area contributed by atoms with Crippen molar-refractivity contribution < 1.29 is 9.90 Å². The molecule has 2 aliphatic rings. The number of allylic oxidation sites excluding steroid dienone is 1. The number of pyridine rings is 1. The number of hydrogen-bond acceptors (Lipinski definition) is 4. The van der Waals surface area contributed by atoms with Gasteiger partial charge in [0.2, 0.25) is 0 Å². The first kappa shape index (κ1) is 21.6. The number of benzene rings is 1. The van der Waals surface area contributed by atoms with Gasteiger partial charge in [-0.25, -0.2) is 9.67 Å². The molecule has 2 aliphatic carbocycles. The minimum Gasteiger partial charge on any atom is -0.480 e. The van der Waals surface area contributed by atoms with Crippen LogP contribution in [0.1, 0.15) is 59.8 Å². The van der Waals surface area contributed by atoms with Crippen LogP contribution in [0.25, 0.3) is 5.57 Å². The second-order valence-electron chi connectivity index (χ2n) is 8.91. The topological polar surface area (TPSA) is 101 Å². The van der Waals surface area contributed by atoms with Crippen molar-refractivity contribution in [2.24, 2.45) is 5.92 Å². The van der Waals surface area contributed by atoms with Gasteiger partial charge < -0.3 is 10.1 Å². The van der Waals surface area contributed by atoms with E-state index in [0.29, 0.717) is 35.5 Å². The highest BCUT2D eigenvalue weighted by atomic mass is 35.5. The number of aliphatic carboxylic acids is 1. The summed E-state index contributed by atoms with van der Waals surface area (Å²) in [6.45, 7) is -0.206. The smallest absolute Gasteiger partial charge is 0.325 e. The Morgan fingerprint density at radius 1 is 1.18 bits per heavy atom. The van der Waals surface area contributed by atoms with E-state index in [1.807, 2.05) is 30.3 Å². The number of nitrogens with one attached hydrogen (secondary N) is 1. The predicted octanol–water partition coefficient (Wildman–Crippen LogP) is 4.21. The van der Waals surface area contributed by atoms with Gasteiger partial charge in [-0.3, -0.25) is 9.59 Å². The van der Waals surface area contributed by atoms with E-state index >= 15 is 0 Å². The number of nitrogens with zero attached hydrogens (tertiary/aromatic N) is 3. The standard InChI is InChI=1S/C25H25ClN4O3/c26-21-12-18(6-5-17(21)7-10-23-27-14-30(29-23)13-24(31)32)20(11-15-1-2-15)22-9-8-19(16-3-4-16)25(33)28-22/h5-6,8-9,11-12,14-16H,1-4,7,10,13H2,(H,28,33)(H,31,32)/b20-11+. The number of halogens is 1. The number of aryl methyl sites for hydroxylation is 2. The van der Waals surface area contributed by atoms with Gasteiger partial charge in [0.05, 0.1) is 0 Å². The molecule has 0 spiro atoms. The van der Waals surface area contributed by atoms with Crippen molar-refractivity contribution >= 4 is 23.1 Å². The Balaban J connectivity index is 1.35. The zero-order valence-corrected chi connectivity index (χ0v) is 18.9. The minimum atomic E-state index is -0.955. The lowest BCUT2D eigenvalue weighted by Gasteiger charge is -2.12. The summed E-state index contributed by atoms with van der Waals surface area (Å²) in [4.78, 5) is 30.7. The van der Waals surface area contributed by atoms with E-state index in [1.54, 1.807) is 0 Å². The third-order valence-corrected chi connectivity index (χ3v) is 6.49. The molecule has 0 atom stereocenters. The highest BCUT2D eigenvalue weighted by molar-refractivity contribution is 6.31. The summed E-state index contributed by atoms with van der Waals surface area (Å²) >= 11 is 6.64. The minimum absolute atomic E-state index is 0.00856. The Hall–Kier alpha value is -3.19. The van der Waals surface area contributed by atoms with Crippen LogP contribution < -0.4 is 5.56 Å². The van der Waals surface area contributed by atoms with E-state index in [0.717, 1.165) is 40.8 Å². The van der Waals surface area contributed by atoms with E-state index in [9.17, 15) is 9.59 Å². The molecule has 0 amide bonds. The number of aromatic nitrogens is 4. The molecule has 2 heterocycles. The first-order chi connectivity index (χ1) is 16.0. The molecule has 0 saturated heterocycles. The summed E-state index contributed by atoms with van der Waals surface area (Å²) in [5.74, 6) is 0.581. The number of rotatable bonds is 9. The van der Waals surface area contributed by atoms with E-state index in [2.05, 4.69) is 21.1 Å². The molecule has 2 fully saturated rings. The Bertz CT molecular complexity index is 1280. The van der Waals surface area contributed by atoms with Gasteiger partial charge in [-0.05, 0) is 67.2 Å². The van der Waals surface area contributed by atoms with Crippen molar-refractivity contribution in [3.8, 4) is 0 Å². The van der Waals surface area contributed by atoms with Crippen molar-refractivity contribution in [2.45, 2.75) is 51.0 Å². The predicted molar refractivity (Wildman–Crippen MR) is 125 cm³/mol. The third-order valence-electron chi connectivity index (χ3n) is 6.13. The average Bonchev–Trinajstić information content (AvgIpc) is 3.70. The number of H-pyrrole nitrogens is 1. The number of hydrogen-bond donors (Lipinski definition) is 2. The highest BCUT2D eigenvalue weighted by Gasteiger charge is 2.27. The molecule has 0 unspecified atom stereocenters. The molecular formula is C25H25ClN4O3. The van der Waals surface area contributed by atoms with Crippen molar-refractivity contribution in [2.75, 3.05) is 0 Å². The number of carbonyl (C=O) groups is 1. The van der Waals surface area contributed by atoms with Gasteiger partial charge in [-0.2, -0.15) is 5.10 Å². The summed E-state index contributed by atoms with van der Waals surface area (Å²) < 4.78 is 1.31. The van der Waals surface area contributed by atoms with Crippen molar-refractivity contribution in [1.29, 1.82) is 0 Å². The van der Waals surface area contributed by atoms with Crippen LogP contribution in [-0.4, -0.2) is 30.8 Å². The van der Waals surface area contributed by atoms with E-state index in [4.69, 9.17) is 16.7 Å². The maximum absolute atomic E-state index is 12.6. The lowest BCUT2D eigenvalue weighted by molar-refractivity contribution is -0.137. The number of carboxylic acids is 1. The fourth-order valence-corrected chi connectivity index (χ4v) is 4.30. The van der Waals surface area contributed by atoms with Crippen LogP contribution >= 0.6 is 11.6 Å². The summed E-state index contributed by atoms with van der Waals surface area (Å²) in [5, 5.41) is 13.7. The molecule has 2 N–H and O–H groups in total. The second kappa shape index (κ2) is 8.98. The molecule has 3 aromatic rings. The molecule has 170 valence electrons. The van der Waals surface area contributed by atoms with Gasteiger partial charge in [0, 0.05) is 28.3 Å².